The van der Waals surface area contributed by atoms with E-state index in [1.165, 1.54) is 33.4 Å². The van der Waals surface area contributed by atoms with E-state index in [1.54, 1.807) is 0 Å². The Morgan fingerprint density at radius 2 is 1.24 bits per heavy atom. The zero-order valence-electron chi connectivity index (χ0n) is 21.4. The highest BCUT2D eigenvalue weighted by Crippen LogP contribution is 2.38. The summed E-state index contributed by atoms with van der Waals surface area (Å²) >= 11 is 13.1. The normalized spacial score (nSPS) is 12.8. The van der Waals surface area contributed by atoms with E-state index in [-0.39, 0.29) is 16.2 Å². The first-order valence-corrected chi connectivity index (χ1v) is 12.6. The third-order valence-electron chi connectivity index (χ3n) is 6.48. The molecular formula is C31H38Cl2. The van der Waals surface area contributed by atoms with Gasteiger partial charge < -0.3 is 0 Å². The van der Waals surface area contributed by atoms with Crippen LogP contribution < -0.4 is 0 Å². The Kier molecular flexibility index (Phi) is 7.42. The lowest BCUT2D eigenvalue weighted by Gasteiger charge is -2.32. The molecule has 0 aromatic heterocycles. The maximum absolute atomic E-state index is 6.68. The SMILES string of the molecule is CC(C)(C)c1ccc(Cl)cc1CC(C)(C)c1ccccc1Cc1cccc(Cl)c1C(C)(C)C. The van der Waals surface area contributed by atoms with E-state index in [2.05, 4.69) is 104 Å². The minimum Gasteiger partial charge on any atom is -0.0843 e. The van der Waals surface area contributed by atoms with Crippen molar-refractivity contribution in [3.05, 3.63) is 104 Å². The van der Waals surface area contributed by atoms with Gasteiger partial charge in [-0.1, -0.05) is 121 Å². The van der Waals surface area contributed by atoms with E-state index < -0.39 is 0 Å². The van der Waals surface area contributed by atoms with Gasteiger partial charge in [-0.05, 0) is 80.7 Å². The van der Waals surface area contributed by atoms with Gasteiger partial charge in [0.1, 0.15) is 0 Å². The second kappa shape index (κ2) is 9.47. The summed E-state index contributed by atoms with van der Waals surface area (Å²) < 4.78 is 0. The predicted octanol–water partition coefficient (Wildman–Crippen LogP) is 9.70. The molecule has 0 saturated heterocycles. The van der Waals surface area contributed by atoms with Crippen LogP contribution in [0, 0.1) is 0 Å². The van der Waals surface area contributed by atoms with E-state index in [1.807, 2.05) is 12.1 Å². The molecule has 0 aliphatic rings. The highest BCUT2D eigenvalue weighted by molar-refractivity contribution is 6.31. The van der Waals surface area contributed by atoms with Crippen molar-refractivity contribution in [3.63, 3.8) is 0 Å². The third kappa shape index (κ3) is 6.03. The van der Waals surface area contributed by atoms with Gasteiger partial charge in [0.15, 0.2) is 0 Å². The molecule has 3 rings (SSSR count). The molecule has 0 fully saturated rings. The van der Waals surface area contributed by atoms with Crippen LogP contribution in [0.1, 0.15) is 88.8 Å². The lowest BCUT2D eigenvalue weighted by molar-refractivity contribution is 0.503. The highest BCUT2D eigenvalue weighted by atomic mass is 35.5. The van der Waals surface area contributed by atoms with Gasteiger partial charge in [0.2, 0.25) is 0 Å². The average molecular weight is 482 g/mol. The molecule has 0 heterocycles. The molecule has 0 unspecified atom stereocenters. The molecule has 0 aliphatic heterocycles. The highest BCUT2D eigenvalue weighted by Gasteiger charge is 2.28. The fraction of sp³-hybridized carbons (Fsp3) is 0.419. The predicted molar refractivity (Wildman–Crippen MR) is 146 cm³/mol. The second-order valence-electron chi connectivity index (χ2n) is 12.0. The van der Waals surface area contributed by atoms with E-state index in [9.17, 15) is 0 Å². The fourth-order valence-electron chi connectivity index (χ4n) is 5.11. The van der Waals surface area contributed by atoms with Gasteiger partial charge in [0.25, 0.3) is 0 Å². The van der Waals surface area contributed by atoms with Crippen molar-refractivity contribution in [1.82, 2.24) is 0 Å². The summed E-state index contributed by atoms with van der Waals surface area (Å²) in [6.45, 7) is 18.2. The monoisotopic (exact) mass is 480 g/mol. The van der Waals surface area contributed by atoms with Crippen LogP contribution in [0.15, 0.2) is 60.7 Å². The molecule has 176 valence electrons. The Bertz CT molecular complexity index is 1120. The van der Waals surface area contributed by atoms with Gasteiger partial charge in [-0.3, -0.25) is 0 Å². The van der Waals surface area contributed by atoms with E-state index in [4.69, 9.17) is 23.2 Å². The van der Waals surface area contributed by atoms with Crippen LogP contribution in [-0.2, 0) is 29.1 Å². The quantitative estimate of drug-likeness (QED) is 0.340. The molecule has 2 heteroatoms. The number of benzene rings is 3. The molecule has 0 aliphatic carbocycles. The second-order valence-corrected chi connectivity index (χ2v) is 12.8. The van der Waals surface area contributed by atoms with Crippen molar-refractivity contribution in [2.45, 2.75) is 84.5 Å². The molecule has 0 nitrogen and oxygen atoms in total. The Balaban J connectivity index is 2.05. The maximum atomic E-state index is 6.68. The lowest BCUT2D eigenvalue weighted by Crippen LogP contribution is -2.25. The van der Waals surface area contributed by atoms with Crippen LogP contribution in [0.25, 0.3) is 0 Å². The van der Waals surface area contributed by atoms with E-state index in [0.29, 0.717) is 0 Å². The molecule has 3 aromatic rings. The van der Waals surface area contributed by atoms with Gasteiger partial charge in [-0.25, -0.2) is 0 Å². The maximum Gasteiger partial charge on any atom is 0.0446 e. The number of halogens is 2. The van der Waals surface area contributed by atoms with Crippen LogP contribution >= 0.6 is 23.2 Å². The molecule has 0 atom stereocenters. The van der Waals surface area contributed by atoms with Gasteiger partial charge in [-0.15, -0.1) is 0 Å². The van der Waals surface area contributed by atoms with Crippen LogP contribution in [0.2, 0.25) is 10.0 Å². The molecule has 0 bridgehead atoms. The van der Waals surface area contributed by atoms with Crippen LogP contribution in [0.4, 0.5) is 0 Å². The van der Waals surface area contributed by atoms with Gasteiger partial charge >= 0.3 is 0 Å². The van der Waals surface area contributed by atoms with Crippen LogP contribution in [-0.4, -0.2) is 0 Å². The first-order valence-electron chi connectivity index (χ1n) is 11.9. The Hall–Kier alpha value is -1.76. The molecule has 0 radical (unpaired) electrons. The van der Waals surface area contributed by atoms with Gasteiger partial charge in [0.05, 0.1) is 0 Å². The first-order chi connectivity index (χ1) is 15.2. The number of hydrogen-bond acceptors (Lipinski definition) is 0. The summed E-state index contributed by atoms with van der Waals surface area (Å²) in [6.07, 6.45) is 1.80. The minimum atomic E-state index is -0.0538. The summed E-state index contributed by atoms with van der Waals surface area (Å²) in [5, 5.41) is 1.65. The van der Waals surface area contributed by atoms with Crippen molar-refractivity contribution in [1.29, 1.82) is 0 Å². The van der Waals surface area contributed by atoms with E-state index in [0.717, 1.165) is 22.9 Å². The molecule has 3 aromatic carbocycles. The average Bonchev–Trinajstić information content (AvgIpc) is 2.66. The third-order valence-corrected chi connectivity index (χ3v) is 7.04. The molecule has 0 spiro atoms. The summed E-state index contributed by atoms with van der Waals surface area (Å²) in [6, 6.07) is 21.5. The largest absolute Gasteiger partial charge is 0.0843 e. The standard InChI is InChI=1S/C31H38Cl2/c1-29(2,3)25-17-16-24(32)19-23(25)20-31(7,8)26-14-10-9-12-21(26)18-22-13-11-15-27(33)28(22)30(4,5)6/h9-17,19H,18,20H2,1-8H3. The summed E-state index contributed by atoms with van der Waals surface area (Å²) in [5.74, 6) is 0. The number of hydrogen-bond donors (Lipinski definition) is 0. The Morgan fingerprint density at radius 1 is 0.606 bits per heavy atom. The Labute approximate surface area is 211 Å². The molecule has 0 saturated carbocycles. The smallest absolute Gasteiger partial charge is 0.0446 e. The molecular weight excluding hydrogens is 443 g/mol. The van der Waals surface area contributed by atoms with E-state index >= 15 is 0 Å². The molecule has 0 N–H and O–H groups in total. The van der Waals surface area contributed by atoms with Crippen molar-refractivity contribution in [2.75, 3.05) is 0 Å². The zero-order valence-corrected chi connectivity index (χ0v) is 23.0. The van der Waals surface area contributed by atoms with Crippen molar-refractivity contribution >= 4 is 23.2 Å². The molecule has 0 amide bonds. The fourth-order valence-corrected chi connectivity index (χ4v) is 5.78. The lowest BCUT2D eigenvalue weighted by atomic mass is 9.72. The van der Waals surface area contributed by atoms with Gasteiger partial charge in [-0.2, -0.15) is 0 Å². The van der Waals surface area contributed by atoms with Gasteiger partial charge in [0, 0.05) is 10.0 Å². The van der Waals surface area contributed by atoms with Crippen molar-refractivity contribution in [3.8, 4) is 0 Å². The summed E-state index contributed by atoms with van der Waals surface area (Å²) in [5.41, 5.74) is 7.97. The summed E-state index contributed by atoms with van der Waals surface area (Å²) in [4.78, 5) is 0. The van der Waals surface area contributed by atoms with Crippen LogP contribution in [0.3, 0.4) is 0 Å². The first kappa shape index (κ1) is 25.9. The van der Waals surface area contributed by atoms with Crippen molar-refractivity contribution < 1.29 is 0 Å². The molecule has 33 heavy (non-hydrogen) atoms. The summed E-state index contributed by atoms with van der Waals surface area (Å²) in [7, 11) is 0. The Morgan fingerprint density at radius 3 is 1.88 bits per heavy atom. The zero-order chi connectivity index (χ0) is 24.6. The van der Waals surface area contributed by atoms with Crippen molar-refractivity contribution in [2.24, 2.45) is 0 Å². The minimum absolute atomic E-state index is 0.0134. The number of rotatable bonds is 5. The van der Waals surface area contributed by atoms with Crippen LogP contribution in [0.5, 0.6) is 0 Å². The topological polar surface area (TPSA) is 0 Å².